The first-order chi connectivity index (χ1) is 16.5. The van der Waals surface area contributed by atoms with Crippen molar-refractivity contribution < 1.29 is 19.1 Å². The van der Waals surface area contributed by atoms with Crippen LogP contribution < -0.4 is 10.6 Å². The van der Waals surface area contributed by atoms with E-state index < -0.39 is 6.09 Å². The first-order valence-corrected chi connectivity index (χ1v) is 11.6. The molecule has 9 heteroatoms. The number of rotatable bonds is 7. The number of nitrogens with zero attached hydrogens (tertiary/aromatic N) is 2. The molecule has 0 radical (unpaired) electrons. The lowest BCUT2D eigenvalue weighted by atomic mass is 10.1. The molecule has 1 saturated heterocycles. The van der Waals surface area contributed by atoms with Crippen molar-refractivity contribution in [2.24, 2.45) is 0 Å². The summed E-state index contributed by atoms with van der Waals surface area (Å²) < 4.78 is 12.4. The Kier molecular flexibility index (Phi) is 7.82. The molecule has 0 saturated carbocycles. The van der Waals surface area contributed by atoms with Gasteiger partial charge in [-0.05, 0) is 61.2 Å². The number of aromatic nitrogens is 2. The summed E-state index contributed by atoms with van der Waals surface area (Å²) in [6.45, 7) is 3.42. The van der Waals surface area contributed by atoms with Crippen molar-refractivity contribution >= 4 is 29.3 Å². The molecule has 2 amide bonds. The minimum Gasteiger partial charge on any atom is -0.444 e. The molecular weight excluding hydrogens is 456 g/mol. The first-order valence-electron chi connectivity index (χ1n) is 11.2. The number of anilines is 1. The average molecular weight is 483 g/mol. The molecule has 8 nitrogen and oxygen atoms in total. The van der Waals surface area contributed by atoms with E-state index in [1.54, 1.807) is 53.3 Å². The van der Waals surface area contributed by atoms with Crippen molar-refractivity contribution in [1.82, 2.24) is 15.1 Å². The third-order valence-electron chi connectivity index (χ3n) is 5.73. The third kappa shape index (κ3) is 6.15. The molecule has 178 valence electrons. The Morgan fingerprint density at radius 3 is 2.53 bits per heavy atom. The second-order valence-corrected chi connectivity index (χ2v) is 8.59. The van der Waals surface area contributed by atoms with Crippen LogP contribution in [0.2, 0.25) is 5.02 Å². The van der Waals surface area contributed by atoms with Gasteiger partial charge >= 0.3 is 6.09 Å². The second kappa shape index (κ2) is 11.2. The Hall–Kier alpha value is -3.36. The molecular formula is C25H27ClN4O4. The molecule has 0 aliphatic carbocycles. The summed E-state index contributed by atoms with van der Waals surface area (Å²) in [7, 11) is 0. The Bertz CT molecular complexity index is 1110. The number of hydrogen-bond donors (Lipinski definition) is 2. The highest BCUT2D eigenvalue weighted by atomic mass is 35.5. The fraction of sp³-hybridized carbons (Fsp3) is 0.320. The number of hydrogen-bond acceptors (Lipinski definition) is 5. The molecule has 2 aromatic carbocycles. The maximum atomic E-state index is 12.9. The number of nitrogens with one attached hydrogen (secondary N) is 2. The second-order valence-electron chi connectivity index (χ2n) is 8.15. The topological polar surface area (TPSA) is 94.5 Å². The van der Waals surface area contributed by atoms with E-state index in [0.717, 1.165) is 24.0 Å². The first kappa shape index (κ1) is 23.8. The van der Waals surface area contributed by atoms with Crippen LogP contribution in [0.3, 0.4) is 0 Å². The predicted molar refractivity (Wildman–Crippen MR) is 129 cm³/mol. The van der Waals surface area contributed by atoms with Crippen molar-refractivity contribution in [2.75, 3.05) is 18.5 Å². The molecule has 0 unspecified atom stereocenters. The van der Waals surface area contributed by atoms with Crippen molar-refractivity contribution in [1.29, 1.82) is 0 Å². The summed E-state index contributed by atoms with van der Waals surface area (Å²) in [5.41, 5.74) is 2.89. The molecule has 0 spiro atoms. The van der Waals surface area contributed by atoms with Gasteiger partial charge in [-0.15, -0.1) is 0 Å². The van der Waals surface area contributed by atoms with E-state index in [2.05, 4.69) is 15.7 Å². The SMILES string of the molecule is C[C@H](NC(=O)c1ccnn1C1CCOCC1)c1ccc(NC(=O)OCc2ccc(Cl)cc2)cc1. The third-order valence-corrected chi connectivity index (χ3v) is 5.98. The van der Waals surface area contributed by atoms with E-state index in [1.807, 2.05) is 19.1 Å². The lowest BCUT2D eigenvalue weighted by molar-refractivity contribution is 0.0640. The fourth-order valence-electron chi connectivity index (χ4n) is 3.81. The van der Waals surface area contributed by atoms with Gasteiger partial charge in [0.15, 0.2) is 0 Å². The standard InChI is InChI=1S/C25H27ClN4O4/c1-17(28-24(31)23-10-13-27-30(23)22-11-14-33-15-12-22)19-4-8-21(9-5-19)29-25(32)34-16-18-2-6-20(26)7-3-18/h2-10,13,17,22H,11-12,14-16H2,1H3,(H,28,31)(H,29,32)/t17-/m0/s1. The van der Waals surface area contributed by atoms with Crippen molar-refractivity contribution in [3.63, 3.8) is 0 Å². The van der Waals surface area contributed by atoms with Crippen LogP contribution in [-0.4, -0.2) is 35.0 Å². The van der Waals surface area contributed by atoms with E-state index in [1.165, 1.54) is 0 Å². The molecule has 2 heterocycles. The van der Waals surface area contributed by atoms with Crippen molar-refractivity contribution in [3.8, 4) is 0 Å². The molecule has 34 heavy (non-hydrogen) atoms. The largest absolute Gasteiger partial charge is 0.444 e. The van der Waals surface area contributed by atoms with Gasteiger partial charge in [0.05, 0.1) is 12.1 Å². The molecule has 0 bridgehead atoms. The van der Waals surface area contributed by atoms with Crippen molar-refractivity contribution in [3.05, 3.63) is 82.6 Å². The van der Waals surface area contributed by atoms with E-state index in [-0.39, 0.29) is 24.6 Å². The summed E-state index contributed by atoms with van der Waals surface area (Å²) in [5, 5.41) is 10.7. The highest BCUT2D eigenvalue weighted by Gasteiger charge is 2.22. The Morgan fingerprint density at radius 2 is 1.82 bits per heavy atom. The van der Waals surface area contributed by atoms with Crippen LogP contribution in [0.15, 0.2) is 60.8 Å². The zero-order valence-corrected chi connectivity index (χ0v) is 19.6. The molecule has 1 aliphatic rings. The number of ether oxygens (including phenoxy) is 2. The lowest BCUT2D eigenvalue weighted by Crippen LogP contribution is -2.31. The van der Waals surface area contributed by atoms with Gasteiger partial charge in [-0.25, -0.2) is 4.79 Å². The summed E-state index contributed by atoms with van der Waals surface area (Å²) in [5.74, 6) is -0.176. The van der Waals surface area contributed by atoms with Crippen LogP contribution in [0.4, 0.5) is 10.5 Å². The summed E-state index contributed by atoms with van der Waals surface area (Å²) >= 11 is 5.86. The minimum atomic E-state index is -0.551. The van der Waals surface area contributed by atoms with Crippen LogP contribution in [0.5, 0.6) is 0 Å². The molecule has 1 aromatic heterocycles. The van der Waals surface area contributed by atoms with Gasteiger partial charge in [0.25, 0.3) is 5.91 Å². The maximum absolute atomic E-state index is 12.9. The van der Waals surface area contributed by atoms with E-state index in [0.29, 0.717) is 29.6 Å². The van der Waals surface area contributed by atoms with Crippen LogP contribution in [0, 0.1) is 0 Å². The smallest absolute Gasteiger partial charge is 0.411 e. The number of carbonyl (C=O) groups excluding carboxylic acids is 2. The lowest BCUT2D eigenvalue weighted by Gasteiger charge is -2.24. The normalized spacial score (nSPS) is 14.9. The predicted octanol–water partition coefficient (Wildman–Crippen LogP) is 5.13. The van der Waals surface area contributed by atoms with Gasteiger partial charge in [-0.2, -0.15) is 5.10 Å². The summed E-state index contributed by atoms with van der Waals surface area (Å²) in [6.07, 6.45) is 2.79. The fourth-order valence-corrected chi connectivity index (χ4v) is 3.93. The monoisotopic (exact) mass is 482 g/mol. The van der Waals surface area contributed by atoms with Crippen LogP contribution in [-0.2, 0) is 16.1 Å². The molecule has 1 fully saturated rings. The molecule has 2 N–H and O–H groups in total. The van der Waals surface area contributed by atoms with Gasteiger partial charge < -0.3 is 14.8 Å². The van der Waals surface area contributed by atoms with E-state index >= 15 is 0 Å². The summed E-state index contributed by atoms with van der Waals surface area (Å²) in [6, 6.07) is 16.0. The molecule has 1 aliphatic heterocycles. The minimum absolute atomic E-state index is 0.147. The highest BCUT2D eigenvalue weighted by molar-refractivity contribution is 6.30. The van der Waals surface area contributed by atoms with Gasteiger partial charge in [-0.3, -0.25) is 14.8 Å². The maximum Gasteiger partial charge on any atom is 0.411 e. The Morgan fingerprint density at radius 1 is 1.12 bits per heavy atom. The van der Waals surface area contributed by atoms with Crippen LogP contribution >= 0.6 is 11.6 Å². The molecule has 1 atom stereocenters. The van der Waals surface area contributed by atoms with Crippen molar-refractivity contribution in [2.45, 2.75) is 38.5 Å². The number of halogens is 1. The van der Waals surface area contributed by atoms with E-state index in [9.17, 15) is 9.59 Å². The Balaban J connectivity index is 1.29. The van der Waals surface area contributed by atoms with Gasteiger partial charge in [-0.1, -0.05) is 35.9 Å². The zero-order valence-electron chi connectivity index (χ0n) is 18.9. The number of amides is 2. The molecule has 3 aromatic rings. The molecule has 4 rings (SSSR count). The zero-order chi connectivity index (χ0) is 23.9. The van der Waals surface area contributed by atoms with E-state index in [4.69, 9.17) is 21.1 Å². The number of benzene rings is 2. The van der Waals surface area contributed by atoms with Crippen LogP contribution in [0.1, 0.15) is 53.5 Å². The van der Waals surface area contributed by atoms with Gasteiger partial charge in [0.1, 0.15) is 12.3 Å². The van der Waals surface area contributed by atoms with Crippen LogP contribution in [0.25, 0.3) is 0 Å². The number of carbonyl (C=O) groups is 2. The highest BCUT2D eigenvalue weighted by Crippen LogP contribution is 2.23. The Labute approximate surface area is 203 Å². The van der Waals surface area contributed by atoms with Gasteiger partial charge in [0.2, 0.25) is 0 Å². The summed E-state index contributed by atoms with van der Waals surface area (Å²) in [4.78, 5) is 25.0. The quantitative estimate of drug-likeness (QED) is 0.487. The average Bonchev–Trinajstić information content (AvgIpc) is 3.35. The van der Waals surface area contributed by atoms with Gasteiger partial charge in [0, 0.05) is 30.1 Å².